The van der Waals surface area contributed by atoms with E-state index in [4.69, 9.17) is 5.11 Å². The Bertz CT molecular complexity index is 273. The lowest BCUT2D eigenvalue weighted by Gasteiger charge is -2.09. The van der Waals surface area contributed by atoms with Crippen molar-refractivity contribution in [2.75, 3.05) is 6.61 Å². The Hall–Kier alpha value is -0.470. The van der Waals surface area contributed by atoms with Crippen LogP contribution in [0.5, 0.6) is 0 Å². The molecule has 14 heavy (non-hydrogen) atoms. The fourth-order valence-corrected chi connectivity index (χ4v) is 2.23. The van der Waals surface area contributed by atoms with Crippen LogP contribution in [0.3, 0.4) is 0 Å². The zero-order valence-corrected chi connectivity index (χ0v) is 9.68. The van der Waals surface area contributed by atoms with Gasteiger partial charge in [0, 0.05) is 17.6 Å². The fourth-order valence-electron chi connectivity index (χ4n) is 1.31. The van der Waals surface area contributed by atoms with Crippen LogP contribution in [-0.4, -0.2) is 17.0 Å². The lowest BCUT2D eigenvalue weighted by Crippen LogP contribution is -1.99. The van der Waals surface area contributed by atoms with E-state index in [2.05, 4.69) is 38.1 Å². The van der Waals surface area contributed by atoms with Crippen LogP contribution >= 0.6 is 11.8 Å². The predicted molar refractivity (Wildman–Crippen MR) is 63.6 cm³/mol. The summed E-state index contributed by atoms with van der Waals surface area (Å²) < 4.78 is 0. The summed E-state index contributed by atoms with van der Waals surface area (Å²) in [5.41, 5.74) is 2.69. The summed E-state index contributed by atoms with van der Waals surface area (Å²) in [7, 11) is 0. The molecular weight excluding hydrogens is 192 g/mol. The van der Waals surface area contributed by atoms with Crippen LogP contribution in [0, 0.1) is 6.92 Å². The van der Waals surface area contributed by atoms with Gasteiger partial charge < -0.3 is 5.11 Å². The van der Waals surface area contributed by atoms with E-state index in [1.165, 1.54) is 11.1 Å². The Labute approximate surface area is 90.5 Å². The van der Waals surface area contributed by atoms with Gasteiger partial charge >= 0.3 is 0 Å². The van der Waals surface area contributed by atoms with E-state index >= 15 is 0 Å². The fraction of sp³-hybridized carbons (Fsp3) is 0.500. The highest BCUT2D eigenvalue weighted by Gasteiger charge is 2.01. The lowest BCUT2D eigenvalue weighted by molar-refractivity contribution is 0.289. The Morgan fingerprint density at radius 2 is 2.21 bits per heavy atom. The van der Waals surface area contributed by atoms with E-state index in [0.29, 0.717) is 11.9 Å². The summed E-state index contributed by atoms with van der Waals surface area (Å²) in [5, 5.41) is 9.31. The van der Waals surface area contributed by atoms with Crippen molar-refractivity contribution in [2.24, 2.45) is 0 Å². The Kier molecular flexibility index (Phi) is 5.05. The number of aliphatic hydroxyl groups is 1. The average molecular weight is 210 g/mol. The quantitative estimate of drug-likeness (QED) is 0.806. The average Bonchev–Trinajstić information content (AvgIpc) is 2.15. The second kappa shape index (κ2) is 6.10. The molecule has 0 saturated heterocycles. The first-order valence-corrected chi connectivity index (χ1v) is 6.05. The summed E-state index contributed by atoms with van der Waals surface area (Å²) in [6, 6.07) is 8.59. The molecule has 0 bridgehead atoms. The number of hydrogen-bond donors (Lipinski definition) is 1. The monoisotopic (exact) mass is 210 g/mol. The van der Waals surface area contributed by atoms with Gasteiger partial charge in [0.05, 0.1) is 0 Å². The second-order valence-corrected chi connectivity index (χ2v) is 5.05. The van der Waals surface area contributed by atoms with E-state index < -0.39 is 0 Å². The molecule has 1 atom stereocenters. The van der Waals surface area contributed by atoms with Crippen LogP contribution in [0.15, 0.2) is 24.3 Å². The molecule has 0 spiro atoms. The van der Waals surface area contributed by atoms with Crippen LogP contribution in [0.4, 0.5) is 0 Å². The molecule has 2 heteroatoms. The second-order valence-electron chi connectivity index (χ2n) is 3.62. The molecule has 0 aromatic heterocycles. The normalized spacial score (nSPS) is 12.8. The van der Waals surface area contributed by atoms with Gasteiger partial charge in [-0.15, -0.1) is 0 Å². The zero-order valence-electron chi connectivity index (χ0n) is 8.86. The first-order valence-electron chi connectivity index (χ1n) is 5.00. The zero-order chi connectivity index (χ0) is 10.4. The van der Waals surface area contributed by atoms with Crippen molar-refractivity contribution in [3.05, 3.63) is 35.4 Å². The topological polar surface area (TPSA) is 20.2 Å². The highest BCUT2D eigenvalue weighted by atomic mass is 32.2. The number of hydrogen-bond acceptors (Lipinski definition) is 2. The Morgan fingerprint density at radius 1 is 1.43 bits per heavy atom. The van der Waals surface area contributed by atoms with Crippen LogP contribution in [0.2, 0.25) is 0 Å². The van der Waals surface area contributed by atoms with Crippen LogP contribution in [0.25, 0.3) is 0 Å². The molecule has 0 fully saturated rings. The number of aliphatic hydroxyl groups excluding tert-OH is 1. The molecule has 0 amide bonds. The Balaban J connectivity index is 2.37. The summed E-state index contributed by atoms with van der Waals surface area (Å²) >= 11 is 1.90. The highest BCUT2D eigenvalue weighted by Crippen LogP contribution is 2.20. The molecule has 0 saturated carbocycles. The molecule has 0 radical (unpaired) electrons. The molecule has 1 nitrogen and oxygen atoms in total. The molecule has 1 aromatic rings. The van der Waals surface area contributed by atoms with Gasteiger partial charge in [0.15, 0.2) is 0 Å². The van der Waals surface area contributed by atoms with Gasteiger partial charge in [-0.3, -0.25) is 0 Å². The largest absolute Gasteiger partial charge is 0.396 e. The van der Waals surface area contributed by atoms with Gasteiger partial charge in [-0.05, 0) is 18.9 Å². The van der Waals surface area contributed by atoms with E-state index in [1.807, 2.05) is 11.8 Å². The minimum atomic E-state index is 0.294. The van der Waals surface area contributed by atoms with Crippen molar-refractivity contribution in [3.63, 3.8) is 0 Å². The third kappa shape index (κ3) is 4.16. The Morgan fingerprint density at radius 3 is 2.86 bits per heavy atom. The molecule has 0 aliphatic carbocycles. The van der Waals surface area contributed by atoms with E-state index in [1.54, 1.807) is 0 Å². The number of benzene rings is 1. The van der Waals surface area contributed by atoms with Crippen LogP contribution < -0.4 is 0 Å². The third-order valence-corrected chi connectivity index (χ3v) is 3.46. The maximum absolute atomic E-state index is 8.76. The number of rotatable bonds is 5. The number of aryl methyl sites for hydroxylation is 1. The SMILES string of the molecule is Cc1cccc(CSC(C)CCO)c1. The van der Waals surface area contributed by atoms with Crippen LogP contribution in [0.1, 0.15) is 24.5 Å². The maximum atomic E-state index is 8.76. The van der Waals surface area contributed by atoms with Gasteiger partial charge in [-0.25, -0.2) is 0 Å². The summed E-state index contributed by atoms with van der Waals surface area (Å²) in [6.07, 6.45) is 0.885. The summed E-state index contributed by atoms with van der Waals surface area (Å²) in [5.74, 6) is 1.04. The minimum Gasteiger partial charge on any atom is -0.396 e. The van der Waals surface area contributed by atoms with Crippen molar-refractivity contribution < 1.29 is 5.11 Å². The number of thioether (sulfide) groups is 1. The summed E-state index contributed by atoms with van der Waals surface area (Å²) in [6.45, 7) is 4.57. The molecule has 78 valence electrons. The van der Waals surface area contributed by atoms with Crippen molar-refractivity contribution in [3.8, 4) is 0 Å². The van der Waals surface area contributed by atoms with Crippen molar-refractivity contribution in [1.29, 1.82) is 0 Å². The molecule has 1 unspecified atom stereocenters. The first-order chi connectivity index (χ1) is 6.72. The molecule has 0 heterocycles. The van der Waals surface area contributed by atoms with E-state index in [9.17, 15) is 0 Å². The first kappa shape index (κ1) is 11.6. The van der Waals surface area contributed by atoms with Gasteiger partial charge in [-0.2, -0.15) is 11.8 Å². The molecule has 1 aromatic carbocycles. The standard InChI is InChI=1S/C12H18OS/c1-10-4-3-5-12(8-10)9-14-11(2)6-7-13/h3-5,8,11,13H,6-7,9H2,1-2H3. The third-order valence-electron chi connectivity index (χ3n) is 2.15. The minimum absolute atomic E-state index is 0.294. The van der Waals surface area contributed by atoms with E-state index in [-0.39, 0.29) is 0 Å². The van der Waals surface area contributed by atoms with Crippen LogP contribution in [-0.2, 0) is 5.75 Å². The maximum Gasteiger partial charge on any atom is 0.0441 e. The van der Waals surface area contributed by atoms with Gasteiger partial charge in [0.2, 0.25) is 0 Å². The van der Waals surface area contributed by atoms with Gasteiger partial charge in [0.1, 0.15) is 0 Å². The molecular formula is C12H18OS. The van der Waals surface area contributed by atoms with Crippen molar-refractivity contribution in [1.82, 2.24) is 0 Å². The molecule has 0 aliphatic rings. The smallest absolute Gasteiger partial charge is 0.0441 e. The highest BCUT2D eigenvalue weighted by molar-refractivity contribution is 7.99. The predicted octanol–water partition coefficient (Wildman–Crippen LogP) is 3.00. The van der Waals surface area contributed by atoms with E-state index in [0.717, 1.165) is 12.2 Å². The van der Waals surface area contributed by atoms with Gasteiger partial charge in [-0.1, -0.05) is 36.8 Å². The summed E-state index contributed by atoms with van der Waals surface area (Å²) in [4.78, 5) is 0. The molecule has 1 rings (SSSR count). The molecule has 0 aliphatic heterocycles. The van der Waals surface area contributed by atoms with Crippen molar-refractivity contribution in [2.45, 2.75) is 31.3 Å². The van der Waals surface area contributed by atoms with Crippen molar-refractivity contribution >= 4 is 11.8 Å². The van der Waals surface area contributed by atoms with Gasteiger partial charge in [0.25, 0.3) is 0 Å². The molecule has 1 N–H and O–H groups in total. The lowest BCUT2D eigenvalue weighted by atomic mass is 10.2.